The number of nitrogens with zero attached hydrogens (tertiary/aromatic N) is 1. The van der Waals surface area contributed by atoms with E-state index in [4.69, 9.17) is 14.2 Å². The van der Waals surface area contributed by atoms with Crippen LogP contribution < -0.4 is 9.47 Å². The minimum atomic E-state index is -0.492. The van der Waals surface area contributed by atoms with Crippen molar-refractivity contribution in [3.63, 3.8) is 0 Å². The van der Waals surface area contributed by atoms with Crippen molar-refractivity contribution in [2.24, 2.45) is 4.99 Å². The van der Waals surface area contributed by atoms with E-state index >= 15 is 0 Å². The summed E-state index contributed by atoms with van der Waals surface area (Å²) in [7, 11) is 1.60. The third-order valence-corrected chi connectivity index (χ3v) is 4.68. The minimum Gasteiger partial charge on any atom is -0.497 e. The Morgan fingerprint density at radius 2 is 1.70 bits per heavy atom. The van der Waals surface area contributed by atoms with Gasteiger partial charge in [-0.3, -0.25) is 0 Å². The molecule has 0 aromatic heterocycles. The quantitative estimate of drug-likeness (QED) is 0.436. The summed E-state index contributed by atoms with van der Waals surface area (Å²) in [5.74, 6) is 1.17. The van der Waals surface area contributed by atoms with Crippen LogP contribution in [0.5, 0.6) is 11.5 Å². The first-order valence-corrected chi connectivity index (χ1v) is 9.57. The molecule has 1 aliphatic rings. The van der Waals surface area contributed by atoms with Gasteiger partial charge < -0.3 is 14.2 Å². The van der Waals surface area contributed by atoms with Gasteiger partial charge in [-0.15, -0.1) is 0 Å². The maximum Gasteiger partial charge on any atom is 0.363 e. The van der Waals surface area contributed by atoms with E-state index in [-0.39, 0.29) is 11.6 Å². The number of esters is 1. The SMILES string of the molecule is COc1ccc(C2=N/C(=C/c3ccccc3OCc3ccc(C)cc3)C(=O)O2)cc1. The van der Waals surface area contributed by atoms with Crippen LogP contribution in [0.3, 0.4) is 0 Å². The first-order chi connectivity index (χ1) is 14.6. The molecule has 0 amide bonds. The molecule has 1 aliphatic heterocycles. The highest BCUT2D eigenvalue weighted by Crippen LogP contribution is 2.26. The van der Waals surface area contributed by atoms with Gasteiger partial charge in [0.2, 0.25) is 5.90 Å². The molecule has 0 atom stereocenters. The molecule has 0 spiro atoms. The van der Waals surface area contributed by atoms with Crippen molar-refractivity contribution in [3.05, 3.63) is 101 Å². The first kappa shape index (κ1) is 19.5. The van der Waals surface area contributed by atoms with Crippen LogP contribution in [0, 0.1) is 6.92 Å². The van der Waals surface area contributed by atoms with Gasteiger partial charge in [-0.2, -0.15) is 0 Å². The van der Waals surface area contributed by atoms with Crippen LogP contribution in [-0.4, -0.2) is 19.0 Å². The zero-order valence-corrected chi connectivity index (χ0v) is 16.8. The number of benzene rings is 3. The fourth-order valence-electron chi connectivity index (χ4n) is 2.99. The molecule has 5 heteroatoms. The highest BCUT2D eigenvalue weighted by atomic mass is 16.6. The smallest absolute Gasteiger partial charge is 0.363 e. The highest BCUT2D eigenvalue weighted by molar-refractivity contribution is 6.13. The lowest BCUT2D eigenvalue weighted by atomic mass is 10.1. The summed E-state index contributed by atoms with van der Waals surface area (Å²) < 4.78 is 16.5. The molecule has 150 valence electrons. The Kier molecular flexibility index (Phi) is 5.61. The zero-order valence-electron chi connectivity index (χ0n) is 16.8. The third kappa shape index (κ3) is 4.41. The van der Waals surface area contributed by atoms with E-state index in [1.165, 1.54) is 5.56 Å². The molecule has 0 N–H and O–H groups in total. The van der Waals surface area contributed by atoms with Crippen molar-refractivity contribution in [1.29, 1.82) is 0 Å². The van der Waals surface area contributed by atoms with E-state index in [1.54, 1.807) is 37.5 Å². The Hall–Kier alpha value is -3.86. The summed E-state index contributed by atoms with van der Waals surface area (Å²) in [6.45, 7) is 2.48. The van der Waals surface area contributed by atoms with Crippen LogP contribution in [-0.2, 0) is 16.1 Å². The van der Waals surface area contributed by atoms with Crippen molar-refractivity contribution in [3.8, 4) is 11.5 Å². The highest BCUT2D eigenvalue weighted by Gasteiger charge is 2.24. The molecule has 0 saturated carbocycles. The lowest BCUT2D eigenvalue weighted by molar-refractivity contribution is -0.129. The van der Waals surface area contributed by atoms with Crippen molar-refractivity contribution < 1.29 is 19.0 Å². The van der Waals surface area contributed by atoms with E-state index < -0.39 is 5.97 Å². The molecule has 3 aromatic rings. The Morgan fingerprint density at radius 3 is 2.43 bits per heavy atom. The molecular formula is C25H21NO4. The van der Waals surface area contributed by atoms with Crippen molar-refractivity contribution in [2.75, 3.05) is 7.11 Å². The molecule has 0 saturated heterocycles. The largest absolute Gasteiger partial charge is 0.497 e. The summed E-state index contributed by atoms with van der Waals surface area (Å²) in [6, 6.07) is 22.9. The van der Waals surface area contributed by atoms with E-state index in [9.17, 15) is 4.79 Å². The van der Waals surface area contributed by atoms with E-state index in [1.807, 2.05) is 43.3 Å². The second kappa shape index (κ2) is 8.66. The number of aryl methyl sites for hydroxylation is 1. The maximum atomic E-state index is 12.3. The number of rotatable bonds is 6. The fourth-order valence-corrected chi connectivity index (χ4v) is 2.99. The van der Waals surface area contributed by atoms with Gasteiger partial charge in [0.05, 0.1) is 7.11 Å². The normalized spacial score (nSPS) is 14.4. The molecule has 30 heavy (non-hydrogen) atoms. The molecule has 3 aromatic carbocycles. The Bertz CT molecular complexity index is 1110. The number of aliphatic imine (C=N–C) groups is 1. The predicted octanol–water partition coefficient (Wildman–Crippen LogP) is 4.93. The number of hydrogen-bond acceptors (Lipinski definition) is 5. The average molecular weight is 399 g/mol. The van der Waals surface area contributed by atoms with Crippen LogP contribution >= 0.6 is 0 Å². The second-order valence-corrected chi connectivity index (χ2v) is 6.88. The number of carbonyl (C=O) groups is 1. The van der Waals surface area contributed by atoms with Gasteiger partial charge in [-0.25, -0.2) is 9.79 Å². The first-order valence-electron chi connectivity index (χ1n) is 9.57. The molecule has 4 rings (SSSR count). The number of cyclic esters (lactones) is 1. The van der Waals surface area contributed by atoms with Gasteiger partial charge in [0.1, 0.15) is 18.1 Å². The monoisotopic (exact) mass is 399 g/mol. The van der Waals surface area contributed by atoms with Crippen LogP contribution in [0.15, 0.2) is 83.5 Å². The lowest BCUT2D eigenvalue weighted by Crippen LogP contribution is -2.05. The Morgan fingerprint density at radius 1 is 0.967 bits per heavy atom. The topological polar surface area (TPSA) is 57.1 Å². The van der Waals surface area contributed by atoms with Crippen LogP contribution in [0.25, 0.3) is 6.08 Å². The number of para-hydroxylation sites is 1. The summed E-state index contributed by atoms with van der Waals surface area (Å²) in [5.41, 5.74) is 3.97. The number of carbonyl (C=O) groups excluding carboxylic acids is 1. The average Bonchev–Trinajstić information content (AvgIpc) is 3.14. The van der Waals surface area contributed by atoms with Crippen LogP contribution in [0.4, 0.5) is 0 Å². The van der Waals surface area contributed by atoms with E-state index in [0.29, 0.717) is 17.9 Å². The van der Waals surface area contributed by atoms with E-state index in [0.717, 1.165) is 16.9 Å². The summed E-state index contributed by atoms with van der Waals surface area (Å²) >= 11 is 0. The van der Waals surface area contributed by atoms with Gasteiger partial charge in [0.25, 0.3) is 0 Å². The summed E-state index contributed by atoms with van der Waals surface area (Å²) in [5, 5.41) is 0. The Labute approximate surface area is 175 Å². The molecule has 1 heterocycles. The fraction of sp³-hybridized carbons (Fsp3) is 0.120. The Balaban J connectivity index is 1.55. The zero-order chi connectivity index (χ0) is 20.9. The maximum absolute atomic E-state index is 12.3. The van der Waals surface area contributed by atoms with Crippen LogP contribution in [0.2, 0.25) is 0 Å². The molecule has 0 aliphatic carbocycles. The number of hydrogen-bond donors (Lipinski definition) is 0. The van der Waals surface area contributed by atoms with Crippen molar-refractivity contribution >= 4 is 17.9 Å². The molecule has 0 fully saturated rings. The van der Waals surface area contributed by atoms with Crippen LogP contribution in [0.1, 0.15) is 22.3 Å². The van der Waals surface area contributed by atoms with E-state index in [2.05, 4.69) is 17.1 Å². The molecule has 0 radical (unpaired) electrons. The molecule has 0 unspecified atom stereocenters. The molecular weight excluding hydrogens is 378 g/mol. The van der Waals surface area contributed by atoms with Crippen molar-refractivity contribution in [1.82, 2.24) is 0 Å². The second-order valence-electron chi connectivity index (χ2n) is 6.88. The van der Waals surface area contributed by atoms with Gasteiger partial charge in [-0.1, -0.05) is 48.0 Å². The standard InChI is InChI=1S/C25H21NO4/c1-17-7-9-18(10-8-17)16-29-23-6-4-3-5-20(23)15-22-25(27)30-24(26-22)19-11-13-21(28-2)14-12-19/h3-15H,16H2,1-2H3/b22-15+. The predicted molar refractivity (Wildman–Crippen MR) is 116 cm³/mol. The third-order valence-electron chi connectivity index (χ3n) is 4.68. The number of methoxy groups -OCH3 is 1. The van der Waals surface area contributed by atoms with Gasteiger partial charge >= 0.3 is 5.97 Å². The lowest BCUT2D eigenvalue weighted by Gasteiger charge is -2.09. The van der Waals surface area contributed by atoms with Gasteiger partial charge in [-0.05, 0) is 48.9 Å². The van der Waals surface area contributed by atoms with Gasteiger partial charge in [0, 0.05) is 11.1 Å². The summed E-state index contributed by atoms with van der Waals surface area (Å²) in [6.07, 6.45) is 1.68. The van der Waals surface area contributed by atoms with Gasteiger partial charge in [0.15, 0.2) is 5.70 Å². The molecule has 0 bridgehead atoms. The van der Waals surface area contributed by atoms with Crippen molar-refractivity contribution in [2.45, 2.75) is 13.5 Å². The molecule has 5 nitrogen and oxygen atoms in total. The number of ether oxygens (including phenoxy) is 3. The summed E-state index contributed by atoms with van der Waals surface area (Å²) in [4.78, 5) is 16.7. The minimum absolute atomic E-state index is 0.229.